The van der Waals surface area contributed by atoms with E-state index >= 15 is 0 Å². The Labute approximate surface area is 172 Å². The maximum absolute atomic E-state index is 13.4. The summed E-state index contributed by atoms with van der Waals surface area (Å²) in [4.78, 5) is 25.4. The summed E-state index contributed by atoms with van der Waals surface area (Å²) in [5, 5.41) is 9.31. The first-order valence-corrected chi connectivity index (χ1v) is 12.1. The van der Waals surface area contributed by atoms with Crippen LogP contribution >= 0.6 is 7.60 Å². The molecular weight excluding hydrogens is 393 g/mol. The number of carboxylic acids is 1. The van der Waals surface area contributed by atoms with Gasteiger partial charge < -0.3 is 14.5 Å². The van der Waals surface area contributed by atoms with Crippen molar-refractivity contribution in [1.29, 1.82) is 0 Å². The van der Waals surface area contributed by atoms with Crippen molar-refractivity contribution in [3.05, 3.63) is 35.9 Å². The number of aliphatic carboxylic acids is 1. The Hall–Kier alpha value is -1.69. The minimum absolute atomic E-state index is 0.133. The summed E-state index contributed by atoms with van der Waals surface area (Å²) in [7, 11) is -3.51. The lowest BCUT2D eigenvalue weighted by Gasteiger charge is -2.27. The molecule has 1 N–H and O–H groups in total. The SMILES string of the molecule is CCCCCCP(=O)(OCc1ccccc1)O[C@@H](C)C(=O)N1CCC[C@H]1C(=O)O. The second-order valence-corrected chi connectivity index (χ2v) is 9.57. The summed E-state index contributed by atoms with van der Waals surface area (Å²) in [6, 6.07) is 8.53. The Morgan fingerprint density at radius 2 is 1.97 bits per heavy atom. The molecule has 0 saturated carbocycles. The van der Waals surface area contributed by atoms with Crippen LogP contribution in [0.5, 0.6) is 0 Å². The number of hydrogen-bond acceptors (Lipinski definition) is 5. The molecular formula is C21H32NO6P. The second-order valence-electron chi connectivity index (χ2n) is 7.43. The fraction of sp³-hybridized carbons (Fsp3) is 0.619. The van der Waals surface area contributed by atoms with Gasteiger partial charge in [-0.15, -0.1) is 0 Å². The minimum atomic E-state index is -3.51. The van der Waals surface area contributed by atoms with E-state index in [9.17, 15) is 19.3 Å². The van der Waals surface area contributed by atoms with Gasteiger partial charge in [-0.3, -0.25) is 13.9 Å². The third-order valence-electron chi connectivity index (χ3n) is 5.04. The van der Waals surface area contributed by atoms with Gasteiger partial charge in [-0.2, -0.15) is 0 Å². The van der Waals surface area contributed by atoms with Crippen LogP contribution in [-0.2, 0) is 29.8 Å². The van der Waals surface area contributed by atoms with Crippen LogP contribution in [0.4, 0.5) is 0 Å². The van der Waals surface area contributed by atoms with Crippen molar-refractivity contribution < 1.29 is 28.3 Å². The van der Waals surface area contributed by atoms with Crippen molar-refractivity contribution >= 4 is 19.5 Å². The lowest BCUT2D eigenvalue weighted by atomic mass is 10.2. The molecule has 1 heterocycles. The number of rotatable bonds is 12. The third-order valence-corrected chi connectivity index (χ3v) is 7.07. The average Bonchev–Trinajstić information content (AvgIpc) is 3.20. The van der Waals surface area contributed by atoms with E-state index in [-0.39, 0.29) is 12.8 Å². The van der Waals surface area contributed by atoms with Crippen molar-refractivity contribution in [3.63, 3.8) is 0 Å². The van der Waals surface area contributed by atoms with Crippen LogP contribution in [0.1, 0.15) is 57.9 Å². The van der Waals surface area contributed by atoms with Gasteiger partial charge in [0.05, 0.1) is 12.8 Å². The van der Waals surface area contributed by atoms with Crippen LogP contribution in [-0.4, -0.2) is 46.7 Å². The summed E-state index contributed by atoms with van der Waals surface area (Å²) >= 11 is 0. The topological polar surface area (TPSA) is 93.1 Å². The molecule has 29 heavy (non-hydrogen) atoms. The zero-order valence-electron chi connectivity index (χ0n) is 17.3. The predicted octanol–water partition coefficient (Wildman–Crippen LogP) is 4.46. The largest absolute Gasteiger partial charge is 0.480 e. The molecule has 8 heteroatoms. The maximum atomic E-state index is 13.4. The molecule has 1 unspecified atom stereocenters. The molecule has 0 bridgehead atoms. The Morgan fingerprint density at radius 1 is 1.24 bits per heavy atom. The molecule has 0 aromatic heterocycles. The number of amides is 1. The molecule has 2 rings (SSSR count). The molecule has 0 radical (unpaired) electrons. The monoisotopic (exact) mass is 425 g/mol. The molecule has 1 aliphatic heterocycles. The number of carboxylic acid groups (broad SMARTS) is 1. The zero-order chi connectivity index (χ0) is 21.3. The highest BCUT2D eigenvalue weighted by molar-refractivity contribution is 7.53. The van der Waals surface area contributed by atoms with Gasteiger partial charge in [-0.05, 0) is 31.7 Å². The number of carbonyl (C=O) groups excluding carboxylic acids is 1. The zero-order valence-corrected chi connectivity index (χ0v) is 18.2. The van der Waals surface area contributed by atoms with Crippen molar-refractivity contribution in [1.82, 2.24) is 4.90 Å². The number of carbonyl (C=O) groups is 2. The number of nitrogens with zero attached hydrogens (tertiary/aromatic N) is 1. The molecule has 3 atom stereocenters. The first-order valence-electron chi connectivity index (χ1n) is 10.4. The standard InChI is InChI=1S/C21H32NO6P/c1-3-4-5-9-15-29(26,27-16-18-11-7-6-8-12-18)28-17(2)20(23)22-14-10-13-19(22)21(24)25/h6-8,11-12,17,19H,3-5,9-10,13-16H2,1-2H3,(H,24,25)/t17-,19-,29?/m0/s1. The molecule has 162 valence electrons. The van der Waals surface area contributed by atoms with Crippen LogP contribution in [0, 0.1) is 0 Å². The molecule has 7 nitrogen and oxygen atoms in total. The molecule has 1 amide bonds. The van der Waals surface area contributed by atoms with Crippen molar-refractivity contribution in [2.75, 3.05) is 12.7 Å². The molecule has 0 aliphatic carbocycles. The lowest BCUT2D eigenvalue weighted by molar-refractivity contribution is -0.151. The fourth-order valence-corrected chi connectivity index (χ4v) is 5.26. The number of likely N-dealkylation sites (tertiary alicyclic amines) is 1. The Balaban J connectivity index is 2.03. The summed E-state index contributed by atoms with van der Waals surface area (Å²) < 4.78 is 24.8. The van der Waals surface area contributed by atoms with Crippen LogP contribution in [0.25, 0.3) is 0 Å². The fourth-order valence-electron chi connectivity index (χ4n) is 3.43. The van der Waals surface area contributed by atoms with E-state index in [1.807, 2.05) is 30.3 Å². The van der Waals surface area contributed by atoms with Crippen LogP contribution in [0.15, 0.2) is 30.3 Å². The van der Waals surface area contributed by atoms with Crippen molar-refractivity contribution in [3.8, 4) is 0 Å². The van der Waals surface area contributed by atoms with Gasteiger partial charge in [0, 0.05) is 6.54 Å². The third kappa shape index (κ3) is 7.25. The lowest BCUT2D eigenvalue weighted by Crippen LogP contribution is -2.45. The maximum Gasteiger partial charge on any atom is 0.331 e. The van der Waals surface area contributed by atoms with E-state index in [1.165, 1.54) is 11.8 Å². The van der Waals surface area contributed by atoms with Gasteiger partial charge in [0.1, 0.15) is 12.1 Å². The molecule has 1 aliphatic rings. The van der Waals surface area contributed by atoms with E-state index in [4.69, 9.17) is 9.05 Å². The predicted molar refractivity (Wildman–Crippen MR) is 111 cm³/mol. The van der Waals surface area contributed by atoms with Crippen molar-refractivity contribution in [2.45, 2.75) is 71.1 Å². The Bertz CT molecular complexity index is 710. The van der Waals surface area contributed by atoms with Gasteiger partial charge in [0.2, 0.25) is 0 Å². The highest BCUT2D eigenvalue weighted by Crippen LogP contribution is 2.51. The summed E-state index contributed by atoms with van der Waals surface area (Å²) in [5.41, 5.74) is 0.870. The summed E-state index contributed by atoms with van der Waals surface area (Å²) in [6.07, 6.45) is 3.94. The summed E-state index contributed by atoms with van der Waals surface area (Å²) in [6.45, 7) is 4.12. The van der Waals surface area contributed by atoms with E-state index in [1.54, 1.807) is 0 Å². The van der Waals surface area contributed by atoms with Crippen LogP contribution < -0.4 is 0 Å². The molecule has 1 fully saturated rings. The number of hydrogen-bond donors (Lipinski definition) is 1. The smallest absolute Gasteiger partial charge is 0.331 e. The van der Waals surface area contributed by atoms with E-state index < -0.39 is 31.6 Å². The van der Waals surface area contributed by atoms with E-state index in [0.717, 1.165) is 24.8 Å². The second kappa shape index (κ2) is 11.5. The van der Waals surface area contributed by atoms with Gasteiger partial charge in [0.15, 0.2) is 0 Å². The van der Waals surface area contributed by atoms with Gasteiger partial charge in [-0.25, -0.2) is 4.79 Å². The van der Waals surface area contributed by atoms with Gasteiger partial charge in [-0.1, -0.05) is 56.5 Å². The highest BCUT2D eigenvalue weighted by Gasteiger charge is 2.38. The van der Waals surface area contributed by atoms with E-state index in [2.05, 4.69) is 6.92 Å². The molecule has 1 aromatic carbocycles. The molecule has 1 aromatic rings. The summed E-state index contributed by atoms with van der Waals surface area (Å²) in [5.74, 6) is -1.47. The molecule has 1 saturated heterocycles. The number of benzene rings is 1. The number of unbranched alkanes of at least 4 members (excludes halogenated alkanes) is 3. The average molecular weight is 425 g/mol. The first-order chi connectivity index (χ1) is 13.9. The molecule has 0 spiro atoms. The Kier molecular flexibility index (Phi) is 9.34. The minimum Gasteiger partial charge on any atom is -0.480 e. The first kappa shape index (κ1) is 23.6. The van der Waals surface area contributed by atoms with Crippen LogP contribution in [0.3, 0.4) is 0 Å². The van der Waals surface area contributed by atoms with E-state index in [0.29, 0.717) is 25.8 Å². The van der Waals surface area contributed by atoms with Crippen LogP contribution in [0.2, 0.25) is 0 Å². The highest BCUT2D eigenvalue weighted by atomic mass is 31.2. The van der Waals surface area contributed by atoms with Gasteiger partial charge >= 0.3 is 13.6 Å². The quantitative estimate of drug-likeness (QED) is 0.393. The normalized spacial score (nSPS) is 19.7. The van der Waals surface area contributed by atoms with Gasteiger partial charge in [0.25, 0.3) is 5.91 Å². The Morgan fingerprint density at radius 3 is 2.62 bits per heavy atom. The van der Waals surface area contributed by atoms with Crippen molar-refractivity contribution in [2.24, 2.45) is 0 Å².